The molecule has 2 aromatic carbocycles. The van der Waals surface area contributed by atoms with Gasteiger partial charge in [-0.25, -0.2) is 4.39 Å². The van der Waals surface area contributed by atoms with Crippen molar-refractivity contribution in [1.29, 1.82) is 0 Å². The van der Waals surface area contributed by atoms with Gasteiger partial charge < -0.3 is 20.3 Å². The number of carboxylic acid groups (broad SMARTS) is 1. The number of carboxylic acids is 1. The molecule has 1 aromatic heterocycles. The summed E-state index contributed by atoms with van der Waals surface area (Å²) in [5.41, 5.74) is 1.14. The van der Waals surface area contributed by atoms with Crippen molar-refractivity contribution in [3.8, 4) is 11.6 Å². The van der Waals surface area contributed by atoms with Crippen LogP contribution in [0.1, 0.15) is 54.8 Å². The maximum absolute atomic E-state index is 14.5. The Hall–Kier alpha value is -3.72. The number of para-hydroxylation sites is 1. The zero-order chi connectivity index (χ0) is 25.8. The molecule has 0 aliphatic rings. The normalized spacial score (nSPS) is 13.2. The van der Waals surface area contributed by atoms with Gasteiger partial charge in [0.15, 0.2) is 5.69 Å². The van der Waals surface area contributed by atoms with Gasteiger partial charge in [-0.1, -0.05) is 62.7 Å². The topological polar surface area (TPSA) is 114 Å². The Kier molecular flexibility index (Phi) is 7.91. The molecule has 3 N–H and O–H groups in total. The molecule has 1 amide bonds. The fourth-order valence-electron chi connectivity index (χ4n) is 3.25. The van der Waals surface area contributed by atoms with E-state index in [-0.39, 0.29) is 30.3 Å². The molecular formula is C26H30FN3O5. The number of nitrogens with one attached hydrogen (secondary N) is 1. The van der Waals surface area contributed by atoms with Gasteiger partial charge in [0, 0.05) is 6.07 Å². The van der Waals surface area contributed by atoms with Crippen molar-refractivity contribution >= 4 is 11.9 Å². The van der Waals surface area contributed by atoms with Crippen LogP contribution in [0, 0.1) is 18.2 Å². The molecule has 0 radical (unpaired) electrons. The molecule has 186 valence electrons. The molecule has 0 aliphatic heterocycles. The maximum atomic E-state index is 14.5. The summed E-state index contributed by atoms with van der Waals surface area (Å²) in [4.78, 5) is 24.5. The van der Waals surface area contributed by atoms with Crippen LogP contribution in [0.25, 0.3) is 5.69 Å². The van der Waals surface area contributed by atoms with E-state index in [1.807, 2.05) is 39.8 Å². The Balaban J connectivity index is 1.92. The molecule has 2 unspecified atom stereocenters. The van der Waals surface area contributed by atoms with Crippen LogP contribution in [0.2, 0.25) is 0 Å². The van der Waals surface area contributed by atoms with Crippen LogP contribution in [0.5, 0.6) is 5.88 Å². The largest absolute Gasteiger partial charge is 0.481 e. The lowest BCUT2D eigenvalue weighted by molar-refractivity contribution is -0.137. The molecule has 0 fully saturated rings. The van der Waals surface area contributed by atoms with Crippen molar-refractivity contribution in [2.24, 2.45) is 5.41 Å². The summed E-state index contributed by atoms with van der Waals surface area (Å²) in [6.45, 7) is 7.35. The summed E-state index contributed by atoms with van der Waals surface area (Å²) in [5.74, 6) is -2.23. The number of aliphatic hydroxyl groups excluding tert-OH is 1. The van der Waals surface area contributed by atoms with E-state index in [9.17, 15) is 24.2 Å². The van der Waals surface area contributed by atoms with Crippen LogP contribution in [-0.2, 0) is 4.79 Å². The highest BCUT2D eigenvalue weighted by Crippen LogP contribution is 2.25. The predicted octanol–water partition coefficient (Wildman–Crippen LogP) is 4.05. The number of ether oxygens (including phenoxy) is 1. The van der Waals surface area contributed by atoms with Gasteiger partial charge in [-0.3, -0.25) is 9.59 Å². The van der Waals surface area contributed by atoms with Gasteiger partial charge >= 0.3 is 5.97 Å². The molecule has 1 heterocycles. The van der Waals surface area contributed by atoms with E-state index in [4.69, 9.17) is 4.74 Å². The Morgan fingerprint density at radius 2 is 1.80 bits per heavy atom. The van der Waals surface area contributed by atoms with E-state index in [1.54, 1.807) is 18.2 Å². The number of rotatable bonds is 9. The van der Waals surface area contributed by atoms with Gasteiger partial charge in [0.25, 0.3) is 5.91 Å². The molecule has 0 saturated carbocycles. The number of aliphatic carboxylic acids is 1. The van der Waals surface area contributed by atoms with E-state index < -0.39 is 35.3 Å². The molecule has 8 nitrogen and oxygen atoms in total. The monoisotopic (exact) mass is 483 g/mol. The molecule has 2 atom stereocenters. The standard InChI is InChI=1S/C26H30FN3O5/c1-16-9-11-17(12-10-16)19(14-24(32)33)28-25(34)20-13-23(35-15-22(31)26(2,3)4)30(29-20)21-8-6-5-7-18(21)27/h5-13,19,22,31H,14-15H2,1-4H3,(H,28,34)(H,32,33). The highest BCUT2D eigenvalue weighted by molar-refractivity contribution is 5.93. The average Bonchev–Trinajstić information content (AvgIpc) is 3.21. The number of halogens is 1. The first-order chi connectivity index (χ1) is 16.5. The van der Waals surface area contributed by atoms with Crippen molar-refractivity contribution < 1.29 is 28.9 Å². The summed E-state index contributed by atoms with van der Waals surface area (Å²) in [7, 11) is 0. The average molecular weight is 484 g/mol. The third-order valence-corrected chi connectivity index (χ3v) is 5.54. The minimum Gasteiger partial charge on any atom is -0.481 e. The first-order valence-corrected chi connectivity index (χ1v) is 11.2. The lowest BCUT2D eigenvalue weighted by Gasteiger charge is -2.25. The lowest BCUT2D eigenvalue weighted by Crippen LogP contribution is -2.32. The summed E-state index contributed by atoms with van der Waals surface area (Å²) in [5, 5.41) is 26.6. The highest BCUT2D eigenvalue weighted by Gasteiger charge is 2.26. The van der Waals surface area contributed by atoms with E-state index in [1.165, 1.54) is 24.3 Å². The van der Waals surface area contributed by atoms with Crippen LogP contribution in [0.15, 0.2) is 54.6 Å². The Bertz CT molecular complexity index is 1180. The fourth-order valence-corrected chi connectivity index (χ4v) is 3.25. The number of benzene rings is 2. The molecule has 0 spiro atoms. The van der Waals surface area contributed by atoms with Crippen molar-refractivity contribution in [1.82, 2.24) is 15.1 Å². The maximum Gasteiger partial charge on any atom is 0.305 e. The number of nitrogens with zero attached hydrogens (tertiary/aromatic N) is 2. The lowest BCUT2D eigenvalue weighted by atomic mass is 9.90. The number of aromatic nitrogens is 2. The van der Waals surface area contributed by atoms with Gasteiger partial charge in [-0.15, -0.1) is 0 Å². The van der Waals surface area contributed by atoms with Crippen molar-refractivity contribution in [3.63, 3.8) is 0 Å². The fraction of sp³-hybridized carbons (Fsp3) is 0.346. The van der Waals surface area contributed by atoms with Crippen LogP contribution in [0.4, 0.5) is 4.39 Å². The van der Waals surface area contributed by atoms with Crippen molar-refractivity contribution in [2.45, 2.75) is 46.3 Å². The SMILES string of the molecule is Cc1ccc(C(CC(=O)O)NC(=O)c2cc(OCC(O)C(C)(C)C)n(-c3ccccc3F)n2)cc1. The Morgan fingerprint density at radius 1 is 1.14 bits per heavy atom. The van der Waals surface area contributed by atoms with Gasteiger partial charge in [0.05, 0.1) is 18.6 Å². The van der Waals surface area contributed by atoms with Gasteiger partial charge in [0.2, 0.25) is 5.88 Å². The van der Waals surface area contributed by atoms with Gasteiger partial charge in [0.1, 0.15) is 18.1 Å². The second-order valence-corrected chi connectivity index (χ2v) is 9.46. The summed E-state index contributed by atoms with van der Waals surface area (Å²) in [6.07, 6.45) is -1.16. The summed E-state index contributed by atoms with van der Waals surface area (Å²) in [6, 6.07) is 13.6. The molecule has 3 rings (SSSR count). The molecule has 3 aromatic rings. The van der Waals surface area contributed by atoms with E-state index in [2.05, 4.69) is 10.4 Å². The third-order valence-electron chi connectivity index (χ3n) is 5.54. The number of carbonyl (C=O) groups is 2. The highest BCUT2D eigenvalue weighted by atomic mass is 19.1. The van der Waals surface area contributed by atoms with E-state index in [0.29, 0.717) is 5.56 Å². The van der Waals surface area contributed by atoms with Crippen LogP contribution in [-0.4, -0.2) is 44.6 Å². The molecule has 0 aliphatic carbocycles. The third kappa shape index (κ3) is 6.66. The second-order valence-electron chi connectivity index (χ2n) is 9.46. The number of amides is 1. The first kappa shape index (κ1) is 25.9. The van der Waals surface area contributed by atoms with Crippen molar-refractivity contribution in [3.05, 3.63) is 77.2 Å². The molecule has 9 heteroatoms. The van der Waals surface area contributed by atoms with Crippen LogP contribution in [0.3, 0.4) is 0 Å². The van der Waals surface area contributed by atoms with Gasteiger partial charge in [-0.2, -0.15) is 9.78 Å². The van der Waals surface area contributed by atoms with Crippen molar-refractivity contribution in [2.75, 3.05) is 6.61 Å². The number of carbonyl (C=O) groups excluding carboxylic acids is 1. The Morgan fingerprint density at radius 3 is 2.40 bits per heavy atom. The van der Waals surface area contributed by atoms with E-state index in [0.717, 1.165) is 10.2 Å². The zero-order valence-electron chi connectivity index (χ0n) is 20.2. The quantitative estimate of drug-likeness (QED) is 0.423. The molecular weight excluding hydrogens is 453 g/mol. The zero-order valence-corrected chi connectivity index (χ0v) is 20.2. The first-order valence-electron chi connectivity index (χ1n) is 11.2. The number of aryl methyl sites for hydroxylation is 1. The second kappa shape index (κ2) is 10.7. The summed E-state index contributed by atoms with van der Waals surface area (Å²) >= 11 is 0. The minimum atomic E-state index is -1.08. The summed E-state index contributed by atoms with van der Waals surface area (Å²) < 4.78 is 21.4. The Labute approximate surface area is 203 Å². The van der Waals surface area contributed by atoms with Gasteiger partial charge in [-0.05, 0) is 30.0 Å². The number of hydrogen-bond donors (Lipinski definition) is 3. The number of hydrogen-bond acceptors (Lipinski definition) is 5. The smallest absolute Gasteiger partial charge is 0.305 e. The molecule has 35 heavy (non-hydrogen) atoms. The van der Waals surface area contributed by atoms with Crippen LogP contribution >= 0.6 is 0 Å². The number of aliphatic hydroxyl groups is 1. The molecule has 0 saturated heterocycles. The minimum absolute atomic E-state index is 0.0624. The van der Waals surface area contributed by atoms with E-state index >= 15 is 0 Å². The molecule has 0 bridgehead atoms. The predicted molar refractivity (Wildman–Crippen MR) is 128 cm³/mol. The van der Waals surface area contributed by atoms with Crippen LogP contribution < -0.4 is 10.1 Å².